The lowest BCUT2D eigenvalue weighted by Gasteiger charge is -2.31. The van der Waals surface area contributed by atoms with Gasteiger partial charge in [-0.05, 0) is 44.4 Å². The molecule has 1 saturated heterocycles. The molecule has 1 aromatic heterocycles. The van der Waals surface area contributed by atoms with Gasteiger partial charge in [0.25, 0.3) is 0 Å². The van der Waals surface area contributed by atoms with E-state index in [0.29, 0.717) is 13.1 Å². The third-order valence-corrected chi connectivity index (χ3v) is 4.62. The SMILES string of the molecule is C[C@H](C(=O)Nc1ccc(N2CCCCC2)c(C(F)(F)F)c1)n1ccnc1. The number of rotatable bonds is 4. The average molecular weight is 366 g/mol. The van der Waals surface area contributed by atoms with Crippen molar-refractivity contribution < 1.29 is 18.0 Å². The van der Waals surface area contributed by atoms with Crippen LogP contribution in [-0.4, -0.2) is 28.5 Å². The molecule has 0 saturated carbocycles. The Morgan fingerprint density at radius 1 is 1.23 bits per heavy atom. The van der Waals surface area contributed by atoms with Crippen molar-refractivity contribution in [1.82, 2.24) is 9.55 Å². The molecule has 1 N–H and O–H groups in total. The van der Waals surface area contributed by atoms with E-state index in [9.17, 15) is 18.0 Å². The number of nitrogens with zero attached hydrogens (tertiary/aromatic N) is 3. The molecule has 5 nitrogen and oxygen atoms in total. The molecule has 0 unspecified atom stereocenters. The minimum atomic E-state index is -4.48. The van der Waals surface area contributed by atoms with Gasteiger partial charge in [-0.25, -0.2) is 4.98 Å². The van der Waals surface area contributed by atoms with Crippen LogP contribution in [0.5, 0.6) is 0 Å². The van der Waals surface area contributed by atoms with E-state index in [1.54, 1.807) is 28.8 Å². The molecule has 0 aliphatic carbocycles. The van der Waals surface area contributed by atoms with E-state index in [1.165, 1.54) is 18.5 Å². The second-order valence-electron chi connectivity index (χ2n) is 6.45. The zero-order valence-electron chi connectivity index (χ0n) is 14.5. The van der Waals surface area contributed by atoms with Crippen LogP contribution < -0.4 is 10.2 Å². The number of carbonyl (C=O) groups excluding carboxylic acids is 1. The number of anilines is 2. The fourth-order valence-corrected chi connectivity index (χ4v) is 3.13. The van der Waals surface area contributed by atoms with Crippen LogP contribution in [0.15, 0.2) is 36.9 Å². The van der Waals surface area contributed by atoms with Gasteiger partial charge < -0.3 is 14.8 Å². The van der Waals surface area contributed by atoms with Crippen LogP contribution in [0.3, 0.4) is 0 Å². The fraction of sp³-hybridized carbons (Fsp3) is 0.444. The number of nitrogens with one attached hydrogen (secondary N) is 1. The highest BCUT2D eigenvalue weighted by Crippen LogP contribution is 2.39. The fourth-order valence-electron chi connectivity index (χ4n) is 3.13. The molecule has 0 spiro atoms. The zero-order chi connectivity index (χ0) is 18.7. The van der Waals surface area contributed by atoms with Gasteiger partial charge in [0.15, 0.2) is 0 Å². The number of piperidine rings is 1. The number of hydrogen-bond acceptors (Lipinski definition) is 3. The van der Waals surface area contributed by atoms with Crippen LogP contribution in [0.25, 0.3) is 0 Å². The average Bonchev–Trinajstić information content (AvgIpc) is 3.15. The van der Waals surface area contributed by atoms with Gasteiger partial charge in [0.2, 0.25) is 5.91 Å². The van der Waals surface area contributed by atoms with Crippen molar-refractivity contribution in [2.75, 3.05) is 23.3 Å². The van der Waals surface area contributed by atoms with Gasteiger partial charge in [0.05, 0.1) is 11.9 Å². The Morgan fingerprint density at radius 2 is 1.96 bits per heavy atom. The second-order valence-corrected chi connectivity index (χ2v) is 6.45. The lowest BCUT2D eigenvalue weighted by atomic mass is 10.1. The molecule has 8 heteroatoms. The Hall–Kier alpha value is -2.51. The molecule has 1 fully saturated rings. The summed E-state index contributed by atoms with van der Waals surface area (Å²) in [5.74, 6) is -0.401. The number of alkyl halides is 3. The van der Waals surface area contributed by atoms with E-state index in [-0.39, 0.29) is 11.4 Å². The van der Waals surface area contributed by atoms with Crippen molar-refractivity contribution in [2.24, 2.45) is 0 Å². The topological polar surface area (TPSA) is 50.2 Å². The molecule has 1 aliphatic heterocycles. The summed E-state index contributed by atoms with van der Waals surface area (Å²) in [5, 5.41) is 2.57. The van der Waals surface area contributed by atoms with Crippen LogP contribution in [0.1, 0.15) is 37.8 Å². The van der Waals surface area contributed by atoms with Crippen LogP contribution in [0, 0.1) is 0 Å². The number of hydrogen-bond donors (Lipinski definition) is 1. The minimum absolute atomic E-state index is 0.134. The maximum atomic E-state index is 13.6. The van der Waals surface area contributed by atoms with Crippen molar-refractivity contribution >= 4 is 17.3 Å². The van der Waals surface area contributed by atoms with E-state index in [2.05, 4.69) is 10.3 Å². The third-order valence-electron chi connectivity index (χ3n) is 4.62. The summed E-state index contributed by atoms with van der Waals surface area (Å²) in [6.07, 6.45) is 2.99. The molecule has 1 aromatic carbocycles. The number of amides is 1. The first-order valence-corrected chi connectivity index (χ1v) is 8.61. The van der Waals surface area contributed by atoms with E-state index in [1.807, 2.05) is 0 Å². The summed E-state index contributed by atoms with van der Waals surface area (Å²) in [4.78, 5) is 17.9. The molecule has 1 aliphatic rings. The number of imidazole rings is 1. The number of benzene rings is 1. The minimum Gasteiger partial charge on any atom is -0.371 e. The lowest BCUT2D eigenvalue weighted by molar-refractivity contribution is -0.137. The highest BCUT2D eigenvalue weighted by atomic mass is 19.4. The van der Waals surface area contributed by atoms with Gasteiger partial charge in [0.1, 0.15) is 6.04 Å². The van der Waals surface area contributed by atoms with Crippen LogP contribution >= 0.6 is 0 Å². The highest BCUT2D eigenvalue weighted by molar-refractivity contribution is 5.93. The molecule has 26 heavy (non-hydrogen) atoms. The van der Waals surface area contributed by atoms with Crippen LogP contribution in [0.4, 0.5) is 24.5 Å². The summed E-state index contributed by atoms with van der Waals surface area (Å²) < 4.78 is 42.2. The van der Waals surface area contributed by atoms with Crippen LogP contribution in [0.2, 0.25) is 0 Å². The smallest absolute Gasteiger partial charge is 0.371 e. The summed E-state index contributed by atoms with van der Waals surface area (Å²) in [5.41, 5.74) is -0.402. The Morgan fingerprint density at radius 3 is 2.58 bits per heavy atom. The lowest BCUT2D eigenvalue weighted by Crippen LogP contribution is -2.31. The van der Waals surface area contributed by atoms with E-state index in [4.69, 9.17) is 0 Å². The number of carbonyl (C=O) groups is 1. The van der Waals surface area contributed by atoms with Gasteiger partial charge in [-0.15, -0.1) is 0 Å². The first kappa shape index (κ1) is 18.3. The monoisotopic (exact) mass is 366 g/mol. The van der Waals surface area contributed by atoms with Gasteiger partial charge >= 0.3 is 6.18 Å². The number of halogens is 3. The predicted octanol–water partition coefficient (Wildman–Crippen LogP) is 4.09. The zero-order valence-corrected chi connectivity index (χ0v) is 14.5. The van der Waals surface area contributed by atoms with Crippen molar-refractivity contribution in [2.45, 2.75) is 38.4 Å². The third kappa shape index (κ3) is 4.00. The second kappa shape index (κ2) is 7.39. The molecule has 3 rings (SSSR count). The van der Waals surface area contributed by atoms with Gasteiger partial charge in [-0.2, -0.15) is 13.2 Å². The number of aromatic nitrogens is 2. The summed E-state index contributed by atoms with van der Waals surface area (Å²) in [7, 11) is 0. The maximum Gasteiger partial charge on any atom is 0.418 e. The molecular weight excluding hydrogens is 345 g/mol. The van der Waals surface area contributed by atoms with E-state index in [0.717, 1.165) is 25.3 Å². The summed E-state index contributed by atoms with van der Waals surface area (Å²) >= 11 is 0. The van der Waals surface area contributed by atoms with Crippen molar-refractivity contribution in [3.8, 4) is 0 Å². The molecule has 2 heterocycles. The van der Waals surface area contributed by atoms with Gasteiger partial charge in [-0.1, -0.05) is 0 Å². The first-order chi connectivity index (χ1) is 12.4. The Balaban J connectivity index is 1.83. The Bertz CT molecular complexity index is 752. The summed E-state index contributed by atoms with van der Waals surface area (Å²) in [6, 6.07) is 3.42. The van der Waals surface area contributed by atoms with Gasteiger partial charge in [0, 0.05) is 36.9 Å². The normalized spacial score (nSPS) is 16.4. The Kier molecular flexibility index (Phi) is 5.20. The summed E-state index contributed by atoms with van der Waals surface area (Å²) in [6.45, 7) is 2.89. The van der Waals surface area contributed by atoms with Crippen LogP contribution in [-0.2, 0) is 11.0 Å². The standard InChI is InChI=1S/C18H21F3N4O/c1-13(25-10-7-22-12-25)17(26)23-14-5-6-16(15(11-14)18(19,20)21)24-8-3-2-4-9-24/h5-7,10-13H,2-4,8-9H2,1H3,(H,23,26)/t13-/m1/s1. The molecule has 1 atom stereocenters. The molecule has 0 bridgehead atoms. The quantitative estimate of drug-likeness (QED) is 0.887. The Labute approximate surface area is 149 Å². The van der Waals surface area contributed by atoms with E-state index >= 15 is 0 Å². The maximum absolute atomic E-state index is 13.6. The molecule has 140 valence electrons. The predicted molar refractivity (Wildman–Crippen MR) is 93.1 cm³/mol. The molecule has 2 aromatic rings. The van der Waals surface area contributed by atoms with Crippen molar-refractivity contribution in [1.29, 1.82) is 0 Å². The van der Waals surface area contributed by atoms with Crippen molar-refractivity contribution in [3.63, 3.8) is 0 Å². The van der Waals surface area contributed by atoms with E-state index < -0.39 is 23.7 Å². The molecule has 0 radical (unpaired) electrons. The van der Waals surface area contributed by atoms with Gasteiger partial charge in [-0.3, -0.25) is 4.79 Å². The first-order valence-electron chi connectivity index (χ1n) is 8.61. The molecular formula is C18H21F3N4O. The molecule has 1 amide bonds. The van der Waals surface area contributed by atoms with Crippen molar-refractivity contribution in [3.05, 3.63) is 42.5 Å². The largest absolute Gasteiger partial charge is 0.418 e. The highest BCUT2D eigenvalue weighted by Gasteiger charge is 2.35.